The van der Waals surface area contributed by atoms with E-state index >= 15 is 0 Å². The first kappa shape index (κ1) is 27.9. The second-order valence-electron chi connectivity index (χ2n) is 8.74. The molecule has 1 aliphatic carbocycles. The van der Waals surface area contributed by atoms with Crippen LogP contribution in [-0.2, 0) is 0 Å². The maximum atomic E-state index is 12.6. The van der Waals surface area contributed by atoms with Gasteiger partial charge in [-0.15, -0.1) is 17.9 Å². The second kappa shape index (κ2) is 14.1. The summed E-state index contributed by atoms with van der Waals surface area (Å²) < 4.78 is 1.87. The van der Waals surface area contributed by atoms with E-state index in [0.29, 0.717) is 23.2 Å². The van der Waals surface area contributed by atoms with Crippen LogP contribution in [0.15, 0.2) is 58.7 Å². The van der Waals surface area contributed by atoms with Crippen LogP contribution in [0.5, 0.6) is 0 Å². The molecule has 1 unspecified atom stereocenters. The van der Waals surface area contributed by atoms with Crippen molar-refractivity contribution in [1.29, 1.82) is 5.26 Å². The molecule has 1 aromatic carbocycles. The van der Waals surface area contributed by atoms with E-state index < -0.39 is 0 Å². The molecule has 4 N–H and O–H groups in total. The Morgan fingerprint density at radius 1 is 1.17 bits per heavy atom. The van der Waals surface area contributed by atoms with Gasteiger partial charge in [0.25, 0.3) is 5.56 Å². The summed E-state index contributed by atoms with van der Waals surface area (Å²) in [6.45, 7) is 7.80. The molecule has 1 fully saturated rings. The van der Waals surface area contributed by atoms with Crippen LogP contribution in [0.2, 0.25) is 0 Å². The summed E-state index contributed by atoms with van der Waals surface area (Å²) >= 11 is 0. The van der Waals surface area contributed by atoms with Crippen LogP contribution in [0.25, 0.3) is 0 Å². The minimum absolute atomic E-state index is 0.0798. The molecule has 9 nitrogen and oxygen atoms in total. The van der Waals surface area contributed by atoms with Gasteiger partial charge in [-0.3, -0.25) is 4.79 Å². The predicted molar refractivity (Wildman–Crippen MR) is 144 cm³/mol. The number of benzene rings is 1. The van der Waals surface area contributed by atoms with Crippen LogP contribution in [-0.4, -0.2) is 31.9 Å². The molecule has 1 aliphatic rings. The van der Waals surface area contributed by atoms with Crippen molar-refractivity contribution >= 4 is 17.2 Å². The van der Waals surface area contributed by atoms with Crippen LogP contribution in [0.1, 0.15) is 63.1 Å². The normalized spacial score (nSPS) is 14.6. The Balaban J connectivity index is 0.00000109. The Labute approximate surface area is 212 Å². The third-order valence-electron chi connectivity index (χ3n) is 6.02. The zero-order valence-electron chi connectivity index (χ0n) is 20.8. The van der Waals surface area contributed by atoms with Gasteiger partial charge in [0.05, 0.1) is 23.6 Å². The molecule has 0 aliphatic heterocycles. The number of pyridine rings is 1. The molecule has 0 amide bonds. The van der Waals surface area contributed by atoms with E-state index in [0.717, 1.165) is 24.1 Å². The lowest BCUT2D eigenvalue weighted by molar-refractivity contribution is 0.394. The highest BCUT2D eigenvalue weighted by atomic mass is 16.1. The van der Waals surface area contributed by atoms with Crippen LogP contribution in [0.4, 0.5) is 11.4 Å². The van der Waals surface area contributed by atoms with Crippen molar-refractivity contribution in [3.63, 3.8) is 0 Å². The Bertz CT molecular complexity index is 1180. The number of H-pyrrole nitrogens is 1. The number of terminal acetylenes is 1. The minimum Gasteiger partial charge on any atom is -0.383 e. The maximum Gasteiger partial charge on any atom is 0.261 e. The summed E-state index contributed by atoms with van der Waals surface area (Å²) in [4.78, 5) is 19.9. The topological polar surface area (TPSA) is 138 Å². The molecule has 0 saturated heterocycles. The summed E-state index contributed by atoms with van der Waals surface area (Å²) in [5.41, 5.74) is 9.02. The van der Waals surface area contributed by atoms with Gasteiger partial charge in [-0.25, -0.2) is 14.9 Å². The Morgan fingerprint density at radius 3 is 2.42 bits per heavy atom. The number of nitriles is 1. The molecule has 1 atom stereocenters. The molecule has 188 valence electrons. The second-order valence-corrected chi connectivity index (χ2v) is 8.74. The van der Waals surface area contributed by atoms with Gasteiger partial charge < -0.3 is 16.0 Å². The van der Waals surface area contributed by atoms with Crippen molar-refractivity contribution in [2.75, 3.05) is 5.32 Å². The first-order valence-electron chi connectivity index (χ1n) is 11.9. The van der Waals surface area contributed by atoms with Crippen LogP contribution >= 0.6 is 0 Å². The third kappa shape index (κ3) is 7.07. The van der Waals surface area contributed by atoms with Gasteiger partial charge in [-0.1, -0.05) is 50.5 Å². The van der Waals surface area contributed by atoms with E-state index in [-0.39, 0.29) is 17.4 Å². The predicted octanol–water partition coefficient (Wildman–Crippen LogP) is 4.38. The lowest BCUT2D eigenvalue weighted by Gasteiger charge is -2.24. The van der Waals surface area contributed by atoms with Crippen molar-refractivity contribution in [1.82, 2.24) is 20.0 Å². The number of amidine groups is 1. The number of aliphatic imine (C=N–C) groups is 1. The van der Waals surface area contributed by atoms with Gasteiger partial charge in [-0.05, 0) is 42.5 Å². The fraction of sp³-hybridized carbons (Fsp3) is 0.370. The largest absolute Gasteiger partial charge is 0.383 e. The monoisotopic (exact) mass is 486 g/mol. The summed E-state index contributed by atoms with van der Waals surface area (Å²) in [5, 5.41) is 18.1. The van der Waals surface area contributed by atoms with Crippen LogP contribution in [0.3, 0.4) is 0 Å². The van der Waals surface area contributed by atoms with Gasteiger partial charge in [0.2, 0.25) is 0 Å². The highest BCUT2D eigenvalue weighted by Gasteiger charge is 2.19. The lowest BCUT2D eigenvalue weighted by Crippen LogP contribution is -2.29. The zero-order valence-corrected chi connectivity index (χ0v) is 20.8. The van der Waals surface area contributed by atoms with Gasteiger partial charge >= 0.3 is 0 Å². The SMILES string of the molecule is C#C.C#N.CC(C)C(c1ccc(N=C(N)c2c(NC3CCCCC3)cc[nH]c2=O)cc1)n1ccnn1. The molecule has 0 spiro atoms. The Morgan fingerprint density at radius 2 is 1.83 bits per heavy atom. The number of nitrogens with two attached hydrogens (primary N) is 1. The average molecular weight is 487 g/mol. The van der Waals surface area contributed by atoms with E-state index in [1.165, 1.54) is 19.3 Å². The lowest BCUT2D eigenvalue weighted by atomic mass is 9.95. The molecule has 0 bridgehead atoms. The molecule has 2 heterocycles. The van der Waals surface area contributed by atoms with Crippen LogP contribution < -0.4 is 16.6 Å². The number of nitrogens with zero attached hydrogens (tertiary/aromatic N) is 5. The zero-order chi connectivity index (χ0) is 26.5. The smallest absolute Gasteiger partial charge is 0.261 e. The first-order valence-corrected chi connectivity index (χ1v) is 11.9. The number of hydrogen-bond acceptors (Lipinski definition) is 6. The summed E-state index contributed by atoms with van der Waals surface area (Å²) in [5.74, 6) is 0.544. The molecule has 1 saturated carbocycles. The number of aromatic amines is 1. The fourth-order valence-corrected chi connectivity index (χ4v) is 4.47. The molecule has 0 radical (unpaired) electrons. The minimum atomic E-state index is -0.241. The molecule has 4 rings (SSSR count). The van der Waals surface area contributed by atoms with E-state index in [4.69, 9.17) is 11.0 Å². The number of aromatic nitrogens is 4. The quantitative estimate of drug-likeness (QED) is 0.257. The standard InChI is InChI=1S/C24H31N7O.C2H2.CHN/c1-16(2)22(31-15-14-27-30-31)17-8-10-19(11-9-17)29-23(25)21-20(12-13-26-24(21)32)28-18-6-4-3-5-7-18;2*1-2/h8-16,18,22H,3-7H2,1-2H3,(H2,25,29)(H2,26,28,32);1-2H;1H. The highest BCUT2D eigenvalue weighted by molar-refractivity contribution is 6.03. The van der Waals surface area contributed by atoms with E-state index in [9.17, 15) is 4.79 Å². The molecule has 2 aromatic heterocycles. The third-order valence-corrected chi connectivity index (χ3v) is 6.02. The van der Waals surface area contributed by atoms with E-state index in [1.807, 2.05) is 41.2 Å². The summed E-state index contributed by atoms with van der Waals surface area (Å²) in [6.07, 6.45) is 19.1. The summed E-state index contributed by atoms with van der Waals surface area (Å²) in [6, 6.07) is 10.2. The van der Waals surface area contributed by atoms with Crippen molar-refractivity contribution in [3.8, 4) is 19.4 Å². The Hall–Kier alpha value is -4.37. The number of hydrogen-bond donors (Lipinski definition) is 3. The molecule has 36 heavy (non-hydrogen) atoms. The van der Waals surface area contributed by atoms with Crippen LogP contribution in [0, 0.1) is 30.6 Å². The highest BCUT2D eigenvalue weighted by Crippen LogP contribution is 2.28. The summed E-state index contributed by atoms with van der Waals surface area (Å²) in [7, 11) is 0. The number of rotatable bonds is 7. The van der Waals surface area contributed by atoms with Gasteiger partial charge in [0.15, 0.2) is 0 Å². The fourth-order valence-electron chi connectivity index (χ4n) is 4.47. The Kier molecular flexibility index (Phi) is 10.9. The molecular weight excluding hydrogens is 452 g/mol. The van der Waals surface area contributed by atoms with Crippen molar-refractivity contribution in [3.05, 3.63) is 70.4 Å². The van der Waals surface area contributed by atoms with Gasteiger partial charge in [0, 0.05) is 25.0 Å². The van der Waals surface area contributed by atoms with Crippen molar-refractivity contribution in [2.45, 2.75) is 58.0 Å². The van der Waals surface area contributed by atoms with Gasteiger partial charge in [0.1, 0.15) is 11.4 Å². The van der Waals surface area contributed by atoms with E-state index in [1.54, 1.807) is 12.4 Å². The number of nitrogens with one attached hydrogen (secondary N) is 2. The number of anilines is 1. The average Bonchev–Trinajstić information content (AvgIpc) is 3.42. The first-order chi connectivity index (χ1) is 17.5. The van der Waals surface area contributed by atoms with Gasteiger partial charge in [-0.2, -0.15) is 0 Å². The van der Waals surface area contributed by atoms with E-state index in [2.05, 4.69) is 58.9 Å². The molecule has 9 heteroatoms. The maximum absolute atomic E-state index is 12.6. The molecular formula is C27H34N8O. The van der Waals surface area contributed by atoms with Crippen molar-refractivity contribution < 1.29 is 0 Å². The molecule has 3 aromatic rings. The van der Waals surface area contributed by atoms with Crippen molar-refractivity contribution in [2.24, 2.45) is 16.6 Å².